The molecule has 0 aliphatic carbocycles. The maximum atomic E-state index is 13.4. The Morgan fingerprint density at radius 3 is 1.07 bits per heavy atom. The van der Waals surface area contributed by atoms with Crippen LogP contribution in [0.1, 0.15) is 129 Å². The van der Waals surface area contributed by atoms with Crippen LogP contribution in [-0.2, 0) is 25.7 Å². The molecule has 1 unspecified atom stereocenters. The van der Waals surface area contributed by atoms with Crippen molar-refractivity contribution in [2.75, 3.05) is 125 Å². The zero-order valence-electron chi connectivity index (χ0n) is 71.6. The lowest BCUT2D eigenvalue weighted by Gasteiger charge is -2.41. The summed E-state index contributed by atoms with van der Waals surface area (Å²) >= 11 is 12.5. The number of ether oxygens (including phenoxy) is 1. The van der Waals surface area contributed by atoms with Gasteiger partial charge in [-0.1, -0.05) is 173 Å². The van der Waals surface area contributed by atoms with E-state index in [2.05, 4.69) is 95.8 Å². The molecule has 0 radical (unpaired) electrons. The Morgan fingerprint density at radius 2 is 0.677 bits per heavy atom. The first kappa shape index (κ1) is 87.0. The standard InChI is InChI=1S/C27H26N2O3S.C27H26N2O2S.C26H24N2O2S.C25H21ClN2O2S/c1-18-17-28(21-6-5-7-22(16-21)32-2)12-13-29(18)27(31)19-10-11-25-20(14-19)15-24(30)23-8-3-4-9-26(23)33-25;1-18-7-8-19(2)23(15-18)28-11-13-29(14-12-28)27(31)20-9-10-25-21(16-20)17-24(30)22-5-3-4-6-26(22)32-25;1-18-6-9-21(10-7-18)27-12-14-28(15-13-27)26(30)19-8-11-24-20(16-19)17-23(29)22-4-2-3-5-25(22)31-24;26-19-4-3-5-20(16-19)27-10-12-28(13-11-27)25(30)17-8-9-23-18(14-17)15-22(29)21-6-1-2-7-24(21)31-23/h3-11,14,16,18H,12-13,15,17H2,1-2H3;3-10,15-16H,11-14,17H2,1-2H3;2-11,16H,12-15,17H2,1H3;1-9,14,16H,10-13,15H2. The van der Waals surface area contributed by atoms with Gasteiger partial charge in [0.25, 0.3) is 23.6 Å². The van der Waals surface area contributed by atoms with E-state index < -0.39 is 0 Å². The van der Waals surface area contributed by atoms with Crippen molar-refractivity contribution in [2.24, 2.45) is 0 Å². The van der Waals surface area contributed by atoms with Crippen LogP contribution in [0.4, 0.5) is 22.7 Å². The molecule has 4 amide bonds. The molecule has 4 saturated heterocycles. The number of hydrogen-bond acceptors (Lipinski definition) is 17. The van der Waals surface area contributed by atoms with Crippen LogP contribution >= 0.6 is 58.6 Å². The van der Waals surface area contributed by atoms with E-state index in [1.807, 2.05) is 232 Å². The van der Waals surface area contributed by atoms with Gasteiger partial charge >= 0.3 is 0 Å². The second-order valence-electron chi connectivity index (χ2n) is 33.0. The third-order valence-electron chi connectivity index (χ3n) is 24.5. The van der Waals surface area contributed by atoms with E-state index in [-0.39, 0.29) is 52.8 Å². The van der Waals surface area contributed by atoms with Crippen LogP contribution in [0, 0.1) is 20.8 Å². The first-order valence-corrected chi connectivity index (χ1v) is 46.8. The minimum atomic E-state index is 0.0211. The normalized spacial score (nSPS) is 16.3. The number of hydrogen-bond donors (Lipinski definition) is 0. The number of amides is 4. The van der Waals surface area contributed by atoms with Crippen LogP contribution in [0.3, 0.4) is 0 Å². The number of nitrogens with zero attached hydrogens (tertiary/aromatic N) is 8. The number of carbonyl (C=O) groups excluding carboxylic acids is 8. The Morgan fingerprint density at radius 1 is 0.323 bits per heavy atom. The summed E-state index contributed by atoms with van der Waals surface area (Å²) in [6.07, 6.45) is 1.31. The summed E-state index contributed by atoms with van der Waals surface area (Å²) in [4.78, 5) is 129. The number of methoxy groups -OCH3 is 1. The Bertz CT molecular complexity index is 6260. The summed E-state index contributed by atoms with van der Waals surface area (Å²) < 4.78 is 5.36. The van der Waals surface area contributed by atoms with Crippen molar-refractivity contribution in [1.82, 2.24) is 19.6 Å². The van der Waals surface area contributed by atoms with Gasteiger partial charge in [0.05, 0.1) is 7.11 Å². The fraction of sp³-hybridized carbons (Fsp3) is 0.238. The maximum Gasteiger partial charge on any atom is 0.254 e. The van der Waals surface area contributed by atoms with Crippen molar-refractivity contribution in [3.8, 4) is 5.75 Å². The first-order valence-electron chi connectivity index (χ1n) is 43.1. The molecule has 0 aromatic heterocycles. The van der Waals surface area contributed by atoms with Crippen LogP contribution in [0.25, 0.3) is 0 Å². The highest BCUT2D eigenvalue weighted by Crippen LogP contribution is 2.43. The van der Waals surface area contributed by atoms with Gasteiger partial charge in [-0.05, 0) is 207 Å². The van der Waals surface area contributed by atoms with E-state index in [0.717, 1.165) is 158 Å². The number of fused-ring (bicyclic) bond motifs is 8. The van der Waals surface area contributed by atoms with Gasteiger partial charge in [0.1, 0.15) is 5.75 Å². The Labute approximate surface area is 763 Å². The minimum absolute atomic E-state index is 0.0211. The van der Waals surface area contributed by atoms with E-state index >= 15 is 0 Å². The second-order valence-corrected chi connectivity index (χ2v) is 37.8. The highest BCUT2D eigenvalue weighted by atomic mass is 35.5. The Balaban J connectivity index is 0.000000119. The van der Waals surface area contributed by atoms with Crippen molar-refractivity contribution < 1.29 is 43.1 Å². The van der Waals surface area contributed by atoms with Gasteiger partial charge in [0.15, 0.2) is 23.1 Å². The largest absolute Gasteiger partial charge is 0.497 e. The fourth-order valence-corrected chi connectivity index (χ4v) is 22.0. The van der Waals surface area contributed by atoms with Gasteiger partial charge < -0.3 is 43.9 Å². The molecule has 0 N–H and O–H groups in total. The number of carbonyl (C=O) groups is 8. The van der Waals surface area contributed by atoms with Gasteiger partial charge in [-0.15, -0.1) is 0 Å². The van der Waals surface area contributed by atoms with E-state index in [9.17, 15) is 38.4 Å². The molecule has 12 aromatic carbocycles. The molecule has 4 fully saturated rings. The number of halogens is 1. The summed E-state index contributed by atoms with van der Waals surface area (Å²) in [5.41, 5.74) is 17.8. The molecule has 642 valence electrons. The minimum Gasteiger partial charge on any atom is -0.497 e. The lowest BCUT2D eigenvalue weighted by Crippen LogP contribution is -2.54. The zero-order chi connectivity index (χ0) is 87.9. The van der Waals surface area contributed by atoms with Gasteiger partial charge in [-0.3, -0.25) is 38.4 Å². The van der Waals surface area contributed by atoms with Crippen LogP contribution in [0.2, 0.25) is 5.02 Å². The van der Waals surface area contributed by atoms with Crippen LogP contribution in [-0.4, -0.2) is 178 Å². The number of benzene rings is 12. The number of rotatable bonds is 9. The lowest BCUT2D eigenvalue weighted by atomic mass is 10.0. The molecule has 22 heteroatoms. The number of ketones is 4. The van der Waals surface area contributed by atoms with Gasteiger partial charge in [0, 0.05) is 247 Å². The molecule has 20 rings (SSSR count). The quantitative estimate of drug-likeness (QED) is 0.133. The predicted octanol–water partition coefficient (Wildman–Crippen LogP) is 20.1. The summed E-state index contributed by atoms with van der Waals surface area (Å²) in [6.45, 7) is 19.5. The van der Waals surface area contributed by atoms with Crippen molar-refractivity contribution >= 4 is 128 Å². The molecule has 0 spiro atoms. The third-order valence-corrected chi connectivity index (χ3v) is 29.6. The average molecular weight is 1780 g/mol. The Hall–Kier alpha value is -12.1. The monoisotopic (exact) mass is 1780 g/mol. The molecule has 12 aromatic rings. The summed E-state index contributed by atoms with van der Waals surface area (Å²) in [5, 5.41) is 0.718. The second kappa shape index (κ2) is 39.0. The Kier molecular flexibility index (Phi) is 26.7. The maximum absolute atomic E-state index is 13.4. The number of Topliss-reactive ketones (excluding diaryl/α,β-unsaturated/α-hetero) is 4. The molecular weight excluding hydrogens is 1680 g/mol. The van der Waals surface area contributed by atoms with Crippen LogP contribution < -0.4 is 24.3 Å². The molecule has 0 bridgehead atoms. The zero-order valence-corrected chi connectivity index (χ0v) is 75.6. The molecule has 17 nitrogen and oxygen atoms in total. The van der Waals surface area contributed by atoms with Gasteiger partial charge in [0.2, 0.25) is 0 Å². The predicted molar refractivity (Wildman–Crippen MR) is 509 cm³/mol. The SMILES string of the molecule is COc1cccc(N2CCN(C(=O)c3ccc4c(c3)CC(=O)c3ccccc3S4)C(C)C2)c1.Cc1ccc(C)c(N2CCN(C(=O)c3ccc4c(c3)CC(=O)c3ccccc3S4)CC2)c1.Cc1ccc(N2CCN(C(=O)c3ccc4c(c3)CC(=O)c3ccccc3S4)CC2)cc1.O=C1Cc2cc(C(=O)N3CCN(c4cccc(Cl)c4)CC3)ccc2Sc2ccccc21. The smallest absolute Gasteiger partial charge is 0.254 e. The molecule has 8 aliphatic rings. The lowest BCUT2D eigenvalue weighted by molar-refractivity contribution is 0.0671. The third kappa shape index (κ3) is 19.9. The summed E-state index contributed by atoms with van der Waals surface area (Å²) in [6, 6.07) is 85.0. The number of anilines is 4. The van der Waals surface area contributed by atoms with Crippen LogP contribution in [0.15, 0.2) is 300 Å². The van der Waals surface area contributed by atoms with Crippen molar-refractivity contribution in [3.05, 3.63) is 349 Å². The highest BCUT2D eigenvalue weighted by Gasteiger charge is 2.34. The molecule has 0 saturated carbocycles. The molecule has 1 atom stereocenters. The van der Waals surface area contributed by atoms with E-state index in [1.54, 1.807) is 54.2 Å². The van der Waals surface area contributed by atoms with Crippen molar-refractivity contribution in [2.45, 2.75) is 98.6 Å². The van der Waals surface area contributed by atoms with E-state index in [0.29, 0.717) is 93.8 Å². The first-order chi connectivity index (χ1) is 61.7. The summed E-state index contributed by atoms with van der Waals surface area (Å²) in [5.74, 6) is 1.39. The molecule has 8 heterocycles. The van der Waals surface area contributed by atoms with Gasteiger partial charge in [-0.2, -0.15) is 0 Å². The molecular formula is C105H97ClN8O9S4. The molecule has 8 aliphatic heterocycles. The van der Waals surface area contributed by atoms with Crippen LogP contribution in [0.5, 0.6) is 5.75 Å². The van der Waals surface area contributed by atoms with Gasteiger partial charge in [-0.25, -0.2) is 0 Å². The summed E-state index contributed by atoms with van der Waals surface area (Å²) in [7, 11) is 1.67. The number of piperazine rings is 4. The highest BCUT2D eigenvalue weighted by molar-refractivity contribution is 8.00. The van der Waals surface area contributed by atoms with E-state index in [4.69, 9.17) is 16.3 Å². The molecule has 127 heavy (non-hydrogen) atoms. The van der Waals surface area contributed by atoms with E-state index in [1.165, 1.54) is 28.1 Å². The van der Waals surface area contributed by atoms with Crippen molar-refractivity contribution in [1.29, 1.82) is 0 Å². The average Bonchev–Trinajstić information content (AvgIpc) is 1.70. The topological polar surface area (TPSA) is 172 Å². The van der Waals surface area contributed by atoms with Crippen molar-refractivity contribution in [3.63, 3.8) is 0 Å². The fourth-order valence-electron chi connectivity index (χ4n) is 17.5. The number of aryl methyl sites for hydroxylation is 3.